The van der Waals surface area contributed by atoms with Crippen LogP contribution in [-0.2, 0) is 0 Å². The highest BCUT2D eigenvalue weighted by Gasteiger charge is 2.29. The number of para-hydroxylation sites is 5. The average Bonchev–Trinajstić information content (AvgIpc) is 4.03. The molecule has 0 bridgehead atoms. The monoisotopic (exact) mass is 755 g/mol. The molecule has 1 aliphatic rings. The summed E-state index contributed by atoms with van der Waals surface area (Å²) in [5.74, 6) is 0. The fourth-order valence-corrected chi connectivity index (χ4v) is 9.66. The first-order chi connectivity index (χ1) is 29.2. The molecule has 0 N–H and O–H groups in total. The van der Waals surface area contributed by atoms with E-state index in [0.717, 1.165) is 94.1 Å². The van der Waals surface area contributed by atoms with Crippen LogP contribution in [-0.4, -0.2) is 14.8 Å². The van der Waals surface area contributed by atoms with Gasteiger partial charge in [-0.25, -0.2) is 0 Å². The lowest BCUT2D eigenvalue weighted by Gasteiger charge is -2.27. The molecule has 8 aromatic carbocycles. The van der Waals surface area contributed by atoms with E-state index in [9.17, 15) is 0 Å². The van der Waals surface area contributed by atoms with Crippen molar-refractivity contribution in [3.63, 3.8) is 0 Å². The molecule has 0 amide bonds. The van der Waals surface area contributed by atoms with Gasteiger partial charge < -0.3 is 18.0 Å². The van der Waals surface area contributed by atoms with Crippen molar-refractivity contribution in [1.29, 1.82) is 0 Å². The Morgan fingerprint density at radius 2 is 1.08 bits per heavy atom. The van der Waals surface area contributed by atoms with Crippen LogP contribution < -0.4 is 0 Å². The van der Waals surface area contributed by atoms with Gasteiger partial charge in [-0.1, -0.05) is 122 Å². The highest BCUT2D eigenvalue weighted by atomic mass is 16.3. The molecule has 0 saturated heterocycles. The molecule has 0 fully saturated rings. The van der Waals surface area contributed by atoms with E-state index in [1.54, 1.807) is 0 Å². The number of dihydropyridines is 1. The predicted molar refractivity (Wildman–Crippen MR) is 244 cm³/mol. The van der Waals surface area contributed by atoms with Crippen LogP contribution in [0.3, 0.4) is 0 Å². The minimum atomic E-state index is -0.451. The molecule has 0 saturated carbocycles. The normalized spacial score (nSPS) is 14.8. The van der Waals surface area contributed by atoms with Crippen LogP contribution in [0.1, 0.15) is 17.3 Å². The van der Waals surface area contributed by atoms with Crippen LogP contribution in [0, 0.1) is 0 Å². The van der Waals surface area contributed by atoms with Crippen molar-refractivity contribution < 1.29 is 8.83 Å². The van der Waals surface area contributed by atoms with Crippen molar-refractivity contribution in [3.8, 4) is 5.69 Å². The summed E-state index contributed by atoms with van der Waals surface area (Å²) in [5, 5.41) is 9.05. The first-order valence-corrected chi connectivity index (χ1v) is 20.0. The van der Waals surface area contributed by atoms with Crippen molar-refractivity contribution in [2.75, 3.05) is 0 Å². The number of nitrogens with zero attached hydrogens (tertiary/aromatic N) is 3. The smallest absolute Gasteiger partial charge is 0.152 e. The van der Waals surface area contributed by atoms with Crippen molar-refractivity contribution in [2.45, 2.75) is 6.17 Å². The zero-order valence-corrected chi connectivity index (χ0v) is 31.8. The van der Waals surface area contributed by atoms with Gasteiger partial charge in [0.05, 0.1) is 27.8 Å². The van der Waals surface area contributed by atoms with Gasteiger partial charge in [0.25, 0.3) is 0 Å². The van der Waals surface area contributed by atoms with Gasteiger partial charge in [0, 0.05) is 60.4 Å². The van der Waals surface area contributed by atoms with E-state index < -0.39 is 6.17 Å². The Morgan fingerprint density at radius 1 is 0.458 bits per heavy atom. The second-order valence-electron chi connectivity index (χ2n) is 15.5. The Hall–Kier alpha value is -7.89. The quantitative estimate of drug-likeness (QED) is 0.180. The molecule has 5 heteroatoms. The lowest BCUT2D eigenvalue weighted by atomic mass is 9.91. The second kappa shape index (κ2) is 12.1. The molecule has 5 heterocycles. The van der Waals surface area contributed by atoms with Gasteiger partial charge in [0.15, 0.2) is 6.17 Å². The minimum Gasteiger partial charge on any atom is -0.456 e. The Labute approximate surface area is 337 Å². The SMILES string of the molecule is C=C1C(c2ccccc2)=CC(c2cccc3c2oc2cc4oc5ccccc5c4cc23)=NC1n1c2ccccc2c2cc3c4ccccc4n(-c4ccccc4)c3cc21. The number of furan rings is 2. The van der Waals surface area contributed by atoms with Crippen molar-refractivity contribution >= 4 is 98.8 Å². The maximum absolute atomic E-state index is 6.81. The number of hydrogen-bond donors (Lipinski definition) is 0. The summed E-state index contributed by atoms with van der Waals surface area (Å²) in [6.45, 7) is 4.83. The Bertz CT molecular complexity index is 3800. The van der Waals surface area contributed by atoms with Gasteiger partial charge in [-0.15, -0.1) is 0 Å². The summed E-state index contributed by atoms with van der Waals surface area (Å²) in [6, 6.07) is 62.1. The molecule has 4 aromatic heterocycles. The highest BCUT2D eigenvalue weighted by Crippen LogP contribution is 2.45. The zero-order chi connectivity index (χ0) is 38.8. The van der Waals surface area contributed by atoms with Crippen LogP contribution in [0.2, 0.25) is 0 Å². The molecule has 12 aromatic rings. The van der Waals surface area contributed by atoms with E-state index >= 15 is 0 Å². The zero-order valence-electron chi connectivity index (χ0n) is 31.8. The van der Waals surface area contributed by atoms with Crippen LogP contribution in [0.15, 0.2) is 208 Å². The first kappa shape index (κ1) is 32.2. The van der Waals surface area contributed by atoms with E-state index in [2.05, 4.69) is 173 Å². The summed E-state index contributed by atoms with van der Waals surface area (Å²) in [6.07, 6.45) is 1.74. The Balaban J connectivity index is 1.08. The lowest BCUT2D eigenvalue weighted by Crippen LogP contribution is -2.17. The van der Waals surface area contributed by atoms with Crippen LogP contribution in [0.25, 0.3) is 98.7 Å². The summed E-state index contributed by atoms with van der Waals surface area (Å²) >= 11 is 0. The third-order valence-electron chi connectivity index (χ3n) is 12.3. The van der Waals surface area contributed by atoms with Crippen molar-refractivity contribution in [3.05, 3.63) is 205 Å². The van der Waals surface area contributed by atoms with Crippen LogP contribution in [0.4, 0.5) is 0 Å². The number of fused-ring (bicyclic) bond motifs is 12. The molecular formula is C54H33N3O2. The number of aliphatic imine (C=N–C) groups is 1. The largest absolute Gasteiger partial charge is 0.456 e. The van der Waals surface area contributed by atoms with Crippen molar-refractivity contribution in [1.82, 2.24) is 9.13 Å². The Morgan fingerprint density at radius 3 is 1.92 bits per heavy atom. The molecule has 276 valence electrons. The minimum absolute atomic E-state index is 0.451. The van der Waals surface area contributed by atoms with Gasteiger partial charge in [-0.3, -0.25) is 4.99 Å². The topological polar surface area (TPSA) is 48.5 Å². The fraction of sp³-hybridized carbons (Fsp3) is 0.0185. The van der Waals surface area contributed by atoms with Crippen molar-refractivity contribution in [2.24, 2.45) is 4.99 Å². The molecule has 0 aliphatic carbocycles. The Kier molecular flexibility index (Phi) is 6.59. The lowest BCUT2D eigenvalue weighted by molar-refractivity contribution is 0.652. The summed E-state index contributed by atoms with van der Waals surface area (Å²) in [4.78, 5) is 5.68. The van der Waals surface area contributed by atoms with Gasteiger partial charge in [-0.05, 0) is 77.4 Å². The van der Waals surface area contributed by atoms with E-state index in [1.807, 2.05) is 18.2 Å². The number of hydrogen-bond acceptors (Lipinski definition) is 3. The summed E-state index contributed by atoms with van der Waals surface area (Å²) < 4.78 is 17.9. The van der Waals surface area contributed by atoms with Crippen LogP contribution in [0.5, 0.6) is 0 Å². The molecule has 1 atom stereocenters. The number of benzene rings is 8. The van der Waals surface area contributed by atoms with E-state index in [0.29, 0.717) is 0 Å². The molecule has 59 heavy (non-hydrogen) atoms. The average molecular weight is 756 g/mol. The molecule has 1 unspecified atom stereocenters. The molecule has 5 nitrogen and oxygen atoms in total. The number of aromatic nitrogens is 2. The third-order valence-corrected chi connectivity index (χ3v) is 12.3. The van der Waals surface area contributed by atoms with E-state index in [4.69, 9.17) is 20.4 Å². The molecule has 13 rings (SSSR count). The van der Waals surface area contributed by atoms with Gasteiger partial charge >= 0.3 is 0 Å². The molecular weight excluding hydrogens is 723 g/mol. The maximum atomic E-state index is 6.81. The van der Waals surface area contributed by atoms with E-state index in [-0.39, 0.29) is 0 Å². The highest BCUT2D eigenvalue weighted by molar-refractivity contribution is 6.24. The van der Waals surface area contributed by atoms with Gasteiger partial charge in [0.1, 0.15) is 22.3 Å². The fourth-order valence-electron chi connectivity index (χ4n) is 9.66. The molecule has 0 spiro atoms. The predicted octanol–water partition coefficient (Wildman–Crippen LogP) is 14.3. The van der Waals surface area contributed by atoms with Gasteiger partial charge in [0.2, 0.25) is 0 Å². The standard InChI is InChI=1S/C54H33N3O2/c1-32-40(33-15-4-2-5-16-33)29-45(39-23-14-22-38-44-28-43-37-21-10-13-26-50(37)58-51(43)31-52(44)59-53(38)39)55-54(32)57-47-25-12-9-20-36(47)42-27-41-35-19-8-11-24-46(35)56(48(41)30-49(42)57)34-17-6-3-7-18-34/h2-31,54H,1H2. The summed E-state index contributed by atoms with van der Waals surface area (Å²) in [5.41, 5.74) is 13.7. The number of rotatable bonds is 4. The van der Waals surface area contributed by atoms with E-state index in [1.165, 1.54) is 27.1 Å². The third kappa shape index (κ3) is 4.58. The molecule has 1 aliphatic heterocycles. The second-order valence-corrected chi connectivity index (χ2v) is 15.5. The van der Waals surface area contributed by atoms with Gasteiger partial charge in [-0.2, -0.15) is 0 Å². The maximum Gasteiger partial charge on any atom is 0.152 e. The van der Waals surface area contributed by atoms with Crippen LogP contribution >= 0.6 is 0 Å². The number of allylic oxidation sites excluding steroid dienone is 1. The molecule has 0 radical (unpaired) electrons. The first-order valence-electron chi connectivity index (χ1n) is 20.0. The summed E-state index contributed by atoms with van der Waals surface area (Å²) in [7, 11) is 0.